The molecular formula is C28H23Cl2N3OS. The van der Waals surface area contributed by atoms with Crippen molar-refractivity contribution >= 4 is 56.3 Å². The highest BCUT2D eigenvalue weighted by molar-refractivity contribution is 7.16. The number of amides is 1. The summed E-state index contributed by atoms with van der Waals surface area (Å²) < 4.78 is 0. The van der Waals surface area contributed by atoms with E-state index in [2.05, 4.69) is 18.3 Å². The molecule has 5 rings (SSSR count). The molecule has 1 unspecified atom stereocenters. The second kappa shape index (κ2) is 9.62. The summed E-state index contributed by atoms with van der Waals surface area (Å²) in [5.74, 6) is 0.379. The van der Waals surface area contributed by atoms with Gasteiger partial charge in [0, 0.05) is 20.8 Å². The Morgan fingerprint density at radius 1 is 1.26 bits per heavy atom. The van der Waals surface area contributed by atoms with E-state index in [0.29, 0.717) is 48.9 Å². The van der Waals surface area contributed by atoms with Crippen molar-refractivity contribution in [2.75, 3.05) is 5.32 Å². The zero-order chi connectivity index (χ0) is 24.7. The van der Waals surface area contributed by atoms with E-state index in [1.807, 2.05) is 37.3 Å². The lowest BCUT2D eigenvalue weighted by Crippen LogP contribution is -2.15. The van der Waals surface area contributed by atoms with Gasteiger partial charge >= 0.3 is 0 Å². The Kier molecular flexibility index (Phi) is 6.55. The lowest BCUT2D eigenvalue weighted by molar-refractivity contribution is 0.102. The lowest BCUT2D eigenvalue weighted by atomic mass is 9.86. The fraction of sp³-hybridized carbons (Fsp3) is 0.250. The van der Waals surface area contributed by atoms with Crippen LogP contribution in [0.25, 0.3) is 22.2 Å². The summed E-state index contributed by atoms with van der Waals surface area (Å²) in [6.07, 6.45) is 4.07. The predicted molar refractivity (Wildman–Crippen MR) is 145 cm³/mol. The summed E-state index contributed by atoms with van der Waals surface area (Å²) in [6, 6.07) is 15.2. The standard InChI is InChI=1S/C28H23Cl2N3OS/c1-3-16-8-10-18-21(14-31)28(35-24(18)12-16)33-27(34)25-15(2)26(19-11-9-17(29)13-22(19)30)32-23-7-5-4-6-20(23)25/h4-7,9,11,13,16H,3,8,10,12H2,1-2H3,(H,33,34). The van der Waals surface area contributed by atoms with Gasteiger partial charge in [-0.25, -0.2) is 4.98 Å². The summed E-state index contributed by atoms with van der Waals surface area (Å²) in [4.78, 5) is 19.8. The Labute approximate surface area is 218 Å². The number of nitrogens with one attached hydrogen (secondary N) is 1. The number of aromatic nitrogens is 1. The monoisotopic (exact) mass is 519 g/mol. The van der Waals surface area contributed by atoms with Crippen LogP contribution >= 0.6 is 34.5 Å². The molecule has 7 heteroatoms. The molecule has 1 aliphatic rings. The van der Waals surface area contributed by atoms with Crippen molar-refractivity contribution in [2.24, 2.45) is 5.92 Å². The average molecular weight is 520 g/mol. The van der Waals surface area contributed by atoms with Gasteiger partial charge in [0.1, 0.15) is 11.1 Å². The maximum Gasteiger partial charge on any atom is 0.257 e. The molecule has 2 heterocycles. The molecular weight excluding hydrogens is 497 g/mol. The largest absolute Gasteiger partial charge is 0.312 e. The number of thiophene rings is 1. The van der Waals surface area contributed by atoms with Gasteiger partial charge in [0.2, 0.25) is 0 Å². The number of anilines is 1. The first-order valence-electron chi connectivity index (χ1n) is 11.6. The summed E-state index contributed by atoms with van der Waals surface area (Å²) >= 11 is 14.2. The molecule has 0 saturated carbocycles. The number of para-hydroxylation sites is 1. The molecule has 2 aromatic heterocycles. The van der Waals surface area contributed by atoms with Crippen LogP contribution in [0.3, 0.4) is 0 Å². The van der Waals surface area contributed by atoms with Crippen LogP contribution in [-0.4, -0.2) is 10.9 Å². The number of hydrogen-bond donors (Lipinski definition) is 1. The van der Waals surface area contributed by atoms with Crippen LogP contribution in [0.15, 0.2) is 42.5 Å². The first kappa shape index (κ1) is 23.8. The third-order valence-electron chi connectivity index (χ3n) is 6.83. The van der Waals surface area contributed by atoms with Gasteiger partial charge in [-0.05, 0) is 67.5 Å². The SMILES string of the molecule is CCC1CCc2c(sc(NC(=O)c3c(C)c(-c4ccc(Cl)cc4Cl)nc4ccccc34)c2C#N)C1. The highest BCUT2D eigenvalue weighted by atomic mass is 35.5. The van der Waals surface area contributed by atoms with Gasteiger partial charge in [-0.2, -0.15) is 5.26 Å². The summed E-state index contributed by atoms with van der Waals surface area (Å²) in [6.45, 7) is 4.09. The summed E-state index contributed by atoms with van der Waals surface area (Å²) in [5.41, 5.74) is 4.98. The quantitative estimate of drug-likeness (QED) is 0.295. The van der Waals surface area contributed by atoms with Crippen LogP contribution in [0.5, 0.6) is 0 Å². The Morgan fingerprint density at radius 3 is 2.80 bits per heavy atom. The molecule has 0 fully saturated rings. The normalized spacial score (nSPS) is 15.0. The fourth-order valence-electron chi connectivity index (χ4n) is 4.92. The Bertz CT molecular complexity index is 1520. The number of nitrogens with zero attached hydrogens (tertiary/aromatic N) is 2. The van der Waals surface area contributed by atoms with Gasteiger partial charge in [-0.3, -0.25) is 4.79 Å². The minimum atomic E-state index is -0.255. The van der Waals surface area contributed by atoms with Gasteiger partial charge in [0.25, 0.3) is 5.91 Å². The van der Waals surface area contributed by atoms with Crippen molar-refractivity contribution in [1.29, 1.82) is 5.26 Å². The van der Waals surface area contributed by atoms with Crippen molar-refractivity contribution in [3.05, 3.63) is 79.6 Å². The van der Waals surface area contributed by atoms with Crippen molar-refractivity contribution in [3.63, 3.8) is 0 Å². The number of halogens is 2. The number of nitriles is 1. The van der Waals surface area contributed by atoms with Crippen molar-refractivity contribution in [3.8, 4) is 17.3 Å². The second-order valence-corrected chi connectivity index (χ2v) is 10.8. The zero-order valence-electron chi connectivity index (χ0n) is 19.4. The third-order valence-corrected chi connectivity index (χ3v) is 8.55. The Morgan fingerprint density at radius 2 is 2.06 bits per heavy atom. The van der Waals surface area contributed by atoms with Gasteiger partial charge < -0.3 is 5.32 Å². The van der Waals surface area contributed by atoms with Crippen molar-refractivity contribution in [2.45, 2.75) is 39.5 Å². The van der Waals surface area contributed by atoms with E-state index < -0.39 is 0 Å². The number of benzene rings is 2. The van der Waals surface area contributed by atoms with E-state index in [1.54, 1.807) is 12.1 Å². The molecule has 0 radical (unpaired) electrons. The molecule has 35 heavy (non-hydrogen) atoms. The Balaban J connectivity index is 1.61. The third kappa shape index (κ3) is 4.31. The molecule has 1 amide bonds. The highest BCUT2D eigenvalue weighted by Crippen LogP contribution is 2.41. The van der Waals surface area contributed by atoms with Gasteiger partial charge in [-0.15, -0.1) is 11.3 Å². The van der Waals surface area contributed by atoms with Gasteiger partial charge in [0.15, 0.2) is 0 Å². The molecule has 0 bridgehead atoms. The number of rotatable bonds is 4. The molecule has 1 N–H and O–H groups in total. The van der Waals surface area contributed by atoms with Crippen LogP contribution in [0, 0.1) is 24.2 Å². The number of carbonyl (C=O) groups is 1. The fourth-order valence-corrected chi connectivity index (χ4v) is 6.72. The maximum atomic E-state index is 13.8. The summed E-state index contributed by atoms with van der Waals surface area (Å²) in [5, 5.41) is 15.4. The van der Waals surface area contributed by atoms with E-state index in [0.717, 1.165) is 42.2 Å². The van der Waals surface area contributed by atoms with Crippen molar-refractivity contribution < 1.29 is 4.79 Å². The molecule has 0 spiro atoms. The van der Waals surface area contributed by atoms with Crippen LogP contribution in [0.4, 0.5) is 5.00 Å². The maximum absolute atomic E-state index is 13.8. The van der Waals surface area contributed by atoms with Crippen LogP contribution < -0.4 is 5.32 Å². The Hall–Kier alpha value is -2.91. The number of fused-ring (bicyclic) bond motifs is 2. The van der Waals surface area contributed by atoms with E-state index in [-0.39, 0.29) is 5.91 Å². The minimum absolute atomic E-state index is 0.255. The topological polar surface area (TPSA) is 65.8 Å². The number of carbonyl (C=O) groups excluding carboxylic acids is 1. The molecule has 2 aromatic carbocycles. The number of hydrogen-bond acceptors (Lipinski definition) is 4. The van der Waals surface area contributed by atoms with E-state index in [4.69, 9.17) is 28.2 Å². The molecule has 176 valence electrons. The van der Waals surface area contributed by atoms with Gasteiger partial charge in [0.05, 0.1) is 27.4 Å². The van der Waals surface area contributed by atoms with E-state index in [1.165, 1.54) is 16.2 Å². The predicted octanol–water partition coefficient (Wildman–Crippen LogP) is 8.22. The summed E-state index contributed by atoms with van der Waals surface area (Å²) in [7, 11) is 0. The smallest absolute Gasteiger partial charge is 0.257 e. The lowest BCUT2D eigenvalue weighted by Gasteiger charge is -2.20. The molecule has 1 aliphatic carbocycles. The van der Waals surface area contributed by atoms with E-state index >= 15 is 0 Å². The number of pyridine rings is 1. The first-order valence-corrected chi connectivity index (χ1v) is 13.2. The first-order chi connectivity index (χ1) is 16.9. The van der Waals surface area contributed by atoms with Crippen LogP contribution in [-0.2, 0) is 12.8 Å². The average Bonchev–Trinajstić information content (AvgIpc) is 3.19. The molecule has 1 atom stereocenters. The molecule has 0 saturated heterocycles. The zero-order valence-corrected chi connectivity index (χ0v) is 21.7. The molecule has 4 aromatic rings. The highest BCUT2D eigenvalue weighted by Gasteiger charge is 2.27. The minimum Gasteiger partial charge on any atom is -0.312 e. The van der Waals surface area contributed by atoms with E-state index in [9.17, 15) is 10.1 Å². The second-order valence-electron chi connectivity index (χ2n) is 8.89. The van der Waals surface area contributed by atoms with Crippen LogP contribution in [0.2, 0.25) is 10.0 Å². The van der Waals surface area contributed by atoms with Crippen LogP contribution in [0.1, 0.15) is 51.7 Å². The van der Waals surface area contributed by atoms with Crippen molar-refractivity contribution in [1.82, 2.24) is 4.98 Å². The molecule has 0 aliphatic heterocycles. The molecule has 4 nitrogen and oxygen atoms in total. The van der Waals surface area contributed by atoms with Gasteiger partial charge in [-0.1, -0.05) is 54.7 Å².